The van der Waals surface area contributed by atoms with Crippen molar-refractivity contribution >= 4 is 94.8 Å². The smallest absolute Gasteiger partial charge is 0.305 e. The molecule has 20 N–H and O–H groups in total. The van der Waals surface area contributed by atoms with Crippen LogP contribution in [0.4, 0.5) is 0 Å². The van der Waals surface area contributed by atoms with E-state index in [0.717, 1.165) is 0 Å². The molecular formula is C51H69N13O21. The number of primary amides is 1. The van der Waals surface area contributed by atoms with E-state index in [1.54, 1.807) is 60.7 Å². The number of carboxylic acids is 5. The number of benzene rings is 2. The fourth-order valence-electron chi connectivity index (χ4n) is 7.59. The predicted molar refractivity (Wildman–Crippen MR) is 289 cm³/mol. The zero-order valence-corrected chi connectivity index (χ0v) is 45.7. The van der Waals surface area contributed by atoms with Crippen molar-refractivity contribution < 1.29 is 102 Å². The first-order valence-electron chi connectivity index (χ1n) is 25.9. The van der Waals surface area contributed by atoms with Crippen molar-refractivity contribution in [1.29, 1.82) is 0 Å². The summed E-state index contributed by atoms with van der Waals surface area (Å²) in [6.07, 6.45) is -4.90. The standard InChI is InChI=1S/C51H69N13O21/c1-54-29(18-39(68)69)46(80)62-32(19-40(70)71)45(79)57-24-37(66)55-23-36(65)56-25-38(67)58-33(20-41(72)73)49(83)63-35(22-43(76)77)51(85)64-34(21-42(74)75)50(84)61-31(17-27-12-6-3-7-13-27)48(82)60-30(16-26-10-4-2-5-11-26)47(81)59-28(44(53)78)14-8-9-15-52/h2-7,10-13,28-35,54H,8-9,14-25,52H2,1H3,(H2,53,78)(H,55,66)(H,56,65)(H,57,79)(H,58,67)(H,59,81)(H,60,82)(H,61,84)(H,62,80)(H,63,83)(H,64,85)(H,68,69)(H,70,71)(H,72,73)(H,74,75)(H,76,77). The molecule has 0 fully saturated rings. The third-order valence-electron chi connectivity index (χ3n) is 11.9. The maximum absolute atomic E-state index is 14.2. The van der Waals surface area contributed by atoms with Crippen molar-refractivity contribution in [2.24, 2.45) is 11.5 Å². The van der Waals surface area contributed by atoms with Gasteiger partial charge in [-0.1, -0.05) is 60.7 Å². The van der Waals surface area contributed by atoms with Crippen LogP contribution in [0.15, 0.2) is 60.7 Å². The van der Waals surface area contributed by atoms with Gasteiger partial charge in [-0.15, -0.1) is 0 Å². The van der Waals surface area contributed by atoms with Gasteiger partial charge in [0.1, 0.15) is 42.3 Å². The number of rotatable bonds is 40. The van der Waals surface area contributed by atoms with E-state index >= 15 is 0 Å². The largest absolute Gasteiger partial charge is 0.481 e. The minimum absolute atomic E-state index is 0.114. The molecule has 11 amide bonds. The third kappa shape index (κ3) is 28.4. The summed E-state index contributed by atoms with van der Waals surface area (Å²) in [7, 11) is 1.23. The molecule has 464 valence electrons. The maximum atomic E-state index is 14.2. The number of unbranched alkanes of at least 4 members (excludes halogenated alkanes) is 1. The number of carbonyl (C=O) groups excluding carboxylic acids is 11. The van der Waals surface area contributed by atoms with E-state index in [0.29, 0.717) is 30.5 Å². The number of hydrogen-bond acceptors (Lipinski definition) is 18. The molecule has 0 aliphatic heterocycles. The van der Waals surface area contributed by atoms with E-state index in [1.807, 2.05) is 31.9 Å². The molecule has 0 aliphatic rings. The lowest BCUT2D eigenvalue weighted by Crippen LogP contribution is -2.60. The first-order valence-corrected chi connectivity index (χ1v) is 25.9. The average Bonchev–Trinajstić information content (AvgIpc) is 3.56. The van der Waals surface area contributed by atoms with Crippen molar-refractivity contribution in [2.75, 3.05) is 33.2 Å². The Kier molecular flexibility index (Phi) is 31.0. The molecule has 2 aromatic rings. The van der Waals surface area contributed by atoms with Gasteiger partial charge in [0.15, 0.2) is 0 Å². The van der Waals surface area contributed by atoms with Crippen LogP contribution in [0.5, 0.6) is 0 Å². The van der Waals surface area contributed by atoms with Crippen LogP contribution in [0.3, 0.4) is 0 Å². The Morgan fingerprint density at radius 3 is 1.05 bits per heavy atom. The van der Waals surface area contributed by atoms with Crippen molar-refractivity contribution in [1.82, 2.24) is 58.5 Å². The number of likely N-dealkylation sites (N-methyl/N-ethyl adjacent to an activating group) is 1. The predicted octanol–water partition coefficient (Wildman–Crippen LogP) is -7.21. The van der Waals surface area contributed by atoms with Crippen LogP contribution in [0, 0.1) is 0 Å². The van der Waals surface area contributed by atoms with E-state index in [1.165, 1.54) is 7.05 Å². The van der Waals surface area contributed by atoms with E-state index in [9.17, 15) is 97.1 Å². The molecule has 0 saturated carbocycles. The number of nitrogens with one attached hydrogen (secondary N) is 11. The quantitative estimate of drug-likeness (QED) is 0.0276. The highest BCUT2D eigenvalue weighted by Crippen LogP contribution is 2.11. The number of amides is 11. The van der Waals surface area contributed by atoms with Gasteiger partial charge in [-0.25, -0.2) is 0 Å². The summed E-state index contributed by atoms with van der Waals surface area (Å²) in [6, 6.07) is 2.39. The first kappa shape index (κ1) is 71.0. The summed E-state index contributed by atoms with van der Waals surface area (Å²) in [5.74, 6) is -21.0. The summed E-state index contributed by atoms with van der Waals surface area (Å²) in [5.41, 5.74) is 12.1. The summed E-state index contributed by atoms with van der Waals surface area (Å²) in [4.78, 5) is 203. The van der Waals surface area contributed by atoms with Gasteiger partial charge in [0.25, 0.3) is 0 Å². The molecular weight excluding hydrogens is 1130 g/mol. The molecule has 0 heterocycles. The average molecular weight is 1200 g/mol. The van der Waals surface area contributed by atoms with E-state index in [2.05, 4.69) is 26.6 Å². The Morgan fingerprint density at radius 2 is 0.682 bits per heavy atom. The van der Waals surface area contributed by atoms with Gasteiger partial charge in [-0.2, -0.15) is 0 Å². The van der Waals surface area contributed by atoms with E-state index in [4.69, 9.17) is 16.6 Å². The zero-order valence-electron chi connectivity index (χ0n) is 45.7. The molecule has 34 nitrogen and oxygen atoms in total. The molecule has 8 atom stereocenters. The highest BCUT2D eigenvalue weighted by molar-refractivity contribution is 6.00. The molecule has 0 bridgehead atoms. The van der Waals surface area contributed by atoms with Crippen molar-refractivity contribution in [3.63, 3.8) is 0 Å². The molecule has 2 rings (SSSR count). The summed E-state index contributed by atoms with van der Waals surface area (Å²) in [6.45, 7) is -2.49. The highest BCUT2D eigenvalue weighted by Gasteiger charge is 2.36. The summed E-state index contributed by atoms with van der Waals surface area (Å²) < 4.78 is 0. The second kappa shape index (κ2) is 37.1. The van der Waals surface area contributed by atoms with Gasteiger partial charge in [-0.3, -0.25) is 76.7 Å². The van der Waals surface area contributed by atoms with Gasteiger partial charge in [0, 0.05) is 12.8 Å². The minimum Gasteiger partial charge on any atom is -0.481 e. The van der Waals surface area contributed by atoms with Crippen LogP contribution < -0.4 is 70.0 Å². The fraction of sp³-hybridized carbons (Fsp3) is 0.451. The van der Waals surface area contributed by atoms with Crippen LogP contribution in [-0.2, 0) is 89.6 Å². The molecule has 0 aliphatic carbocycles. The van der Waals surface area contributed by atoms with Crippen molar-refractivity contribution in [2.45, 2.75) is 113 Å². The van der Waals surface area contributed by atoms with Crippen LogP contribution in [0.2, 0.25) is 0 Å². The number of aliphatic carboxylic acids is 5. The van der Waals surface area contributed by atoms with Crippen molar-refractivity contribution in [3.8, 4) is 0 Å². The SMILES string of the molecule is CNC(CC(=O)O)C(=O)NC(CC(=O)O)C(=O)NCC(=O)NCC(=O)NCC(=O)NC(CC(=O)O)C(=O)NC(CC(=O)O)C(=O)NC(CC(=O)O)C(=O)NC(Cc1ccccc1)C(=O)NC(Cc1ccccc1)C(=O)NC(CCCCN)C(N)=O. The molecule has 0 aromatic heterocycles. The van der Waals surface area contributed by atoms with E-state index < -0.39 is 195 Å². The number of hydrogen-bond donors (Lipinski definition) is 18. The number of carbonyl (C=O) groups is 16. The Bertz CT molecular complexity index is 2740. The lowest BCUT2D eigenvalue weighted by atomic mass is 10.0. The second-order valence-electron chi connectivity index (χ2n) is 18.7. The fourth-order valence-corrected chi connectivity index (χ4v) is 7.59. The van der Waals surface area contributed by atoms with E-state index in [-0.39, 0.29) is 19.3 Å². The zero-order chi connectivity index (χ0) is 63.8. The second-order valence-corrected chi connectivity index (χ2v) is 18.7. The Hall–Kier alpha value is -10.1. The molecule has 2 aromatic carbocycles. The number of nitrogens with two attached hydrogens (primary N) is 2. The minimum atomic E-state index is -2.23. The van der Waals surface area contributed by atoms with Crippen LogP contribution >= 0.6 is 0 Å². The monoisotopic (exact) mass is 1200 g/mol. The van der Waals surface area contributed by atoms with Crippen LogP contribution in [-0.4, -0.2) is 202 Å². The molecule has 0 radical (unpaired) electrons. The maximum Gasteiger partial charge on any atom is 0.305 e. The molecule has 0 spiro atoms. The summed E-state index contributed by atoms with van der Waals surface area (Å²) >= 11 is 0. The Balaban J connectivity index is 2.24. The highest BCUT2D eigenvalue weighted by atomic mass is 16.4. The Morgan fingerprint density at radius 1 is 0.376 bits per heavy atom. The molecule has 85 heavy (non-hydrogen) atoms. The normalized spacial score (nSPS) is 13.5. The van der Waals surface area contributed by atoms with Crippen LogP contribution in [0.1, 0.15) is 62.5 Å². The molecule has 34 heteroatoms. The van der Waals surface area contributed by atoms with Crippen molar-refractivity contribution in [3.05, 3.63) is 71.8 Å². The molecule has 0 saturated heterocycles. The first-order chi connectivity index (χ1) is 40.1. The number of carboxylic acid groups (broad SMARTS) is 5. The van der Waals surface area contributed by atoms with Gasteiger partial charge in [0.05, 0.1) is 57.8 Å². The topological polar surface area (TPSA) is 559 Å². The summed E-state index contributed by atoms with van der Waals surface area (Å²) in [5, 5.41) is 71.1. The lowest BCUT2D eigenvalue weighted by molar-refractivity contribution is -0.144. The van der Waals surface area contributed by atoms with Gasteiger partial charge in [-0.05, 0) is 44.0 Å². The van der Waals surface area contributed by atoms with Crippen LogP contribution in [0.25, 0.3) is 0 Å². The van der Waals surface area contributed by atoms with Gasteiger partial charge < -0.3 is 95.5 Å². The van der Waals surface area contributed by atoms with Gasteiger partial charge >= 0.3 is 29.8 Å². The van der Waals surface area contributed by atoms with Gasteiger partial charge in [0.2, 0.25) is 65.0 Å². The molecule has 8 unspecified atom stereocenters. The Labute approximate surface area is 483 Å². The third-order valence-corrected chi connectivity index (χ3v) is 11.9. The lowest BCUT2D eigenvalue weighted by Gasteiger charge is -2.27.